The van der Waals surface area contributed by atoms with Gasteiger partial charge in [-0.2, -0.15) is 13.2 Å². The minimum Gasteiger partial charge on any atom is -0.287 e. The predicted molar refractivity (Wildman–Crippen MR) is 106 cm³/mol. The van der Waals surface area contributed by atoms with Crippen LogP contribution < -0.4 is 4.90 Å². The third-order valence-electron chi connectivity index (χ3n) is 7.16. The molecule has 0 N–H and O–H groups in total. The second-order valence-corrected chi connectivity index (χ2v) is 8.80. The third-order valence-corrected chi connectivity index (χ3v) is 7.16. The predicted octanol–water partition coefficient (Wildman–Crippen LogP) is 7.52. The largest absolute Gasteiger partial charge is 0.484 e. The van der Waals surface area contributed by atoms with E-state index in [0.717, 1.165) is 24.8 Å². The highest BCUT2D eigenvalue weighted by molar-refractivity contribution is 5.48. The summed E-state index contributed by atoms with van der Waals surface area (Å²) in [5, 5.41) is 0. The zero-order valence-corrected chi connectivity index (χ0v) is 16.8. The first-order valence-corrected chi connectivity index (χ1v) is 10.8. The fourth-order valence-electron chi connectivity index (χ4n) is 5.40. The molecule has 27 heavy (non-hydrogen) atoms. The molecule has 0 unspecified atom stereocenters. The Morgan fingerprint density at radius 2 is 1.37 bits per heavy atom. The maximum Gasteiger partial charge on any atom is 0.484 e. The van der Waals surface area contributed by atoms with Gasteiger partial charge in [-0.3, -0.25) is 4.90 Å². The van der Waals surface area contributed by atoms with Crippen LogP contribution in [0.4, 0.5) is 18.9 Å². The molecule has 2 aliphatic carbocycles. The summed E-state index contributed by atoms with van der Waals surface area (Å²) in [5.41, 5.74) is 1.42. The summed E-state index contributed by atoms with van der Waals surface area (Å²) in [5.74, 6) is 3.28. The molecule has 1 nitrogen and oxygen atoms in total. The first-order valence-electron chi connectivity index (χ1n) is 10.8. The molecule has 1 aromatic rings. The summed E-state index contributed by atoms with van der Waals surface area (Å²) in [6.45, 7) is 2.29. The van der Waals surface area contributed by atoms with Crippen LogP contribution in [0.2, 0.25) is 0 Å². The van der Waals surface area contributed by atoms with E-state index in [9.17, 15) is 13.2 Å². The number of hydrogen-bond donors (Lipinski definition) is 0. The Kier molecular flexibility index (Phi) is 6.75. The normalized spacial score (nSPS) is 29.5. The van der Waals surface area contributed by atoms with Crippen LogP contribution in [0.25, 0.3) is 0 Å². The van der Waals surface area contributed by atoms with E-state index >= 15 is 0 Å². The molecular formula is C23H34F3N. The second kappa shape index (κ2) is 8.87. The van der Waals surface area contributed by atoms with E-state index in [1.807, 2.05) is 12.1 Å². The molecule has 0 spiro atoms. The summed E-state index contributed by atoms with van der Waals surface area (Å²) >= 11 is 0. The van der Waals surface area contributed by atoms with Crippen molar-refractivity contribution in [2.24, 2.45) is 17.8 Å². The first kappa shape index (κ1) is 20.5. The van der Waals surface area contributed by atoms with Crippen LogP contribution in [0.1, 0.15) is 82.6 Å². The van der Waals surface area contributed by atoms with Crippen molar-refractivity contribution in [3.63, 3.8) is 0 Å². The van der Waals surface area contributed by atoms with E-state index in [1.165, 1.54) is 69.8 Å². The van der Waals surface area contributed by atoms with Gasteiger partial charge < -0.3 is 0 Å². The summed E-state index contributed by atoms with van der Waals surface area (Å²) in [6.07, 6.45) is 9.03. The fourth-order valence-corrected chi connectivity index (χ4v) is 5.40. The van der Waals surface area contributed by atoms with Crippen LogP contribution in [0.15, 0.2) is 24.3 Å². The van der Waals surface area contributed by atoms with Gasteiger partial charge in [0.1, 0.15) is 0 Å². The van der Waals surface area contributed by atoms with Crippen LogP contribution >= 0.6 is 0 Å². The smallest absolute Gasteiger partial charge is 0.287 e. The number of hydrogen-bond acceptors (Lipinski definition) is 1. The van der Waals surface area contributed by atoms with Gasteiger partial charge in [0.25, 0.3) is 0 Å². The Labute approximate surface area is 162 Å². The average Bonchev–Trinajstić information content (AvgIpc) is 2.68. The number of anilines is 1. The van der Waals surface area contributed by atoms with Gasteiger partial charge in [-0.1, -0.05) is 44.7 Å². The summed E-state index contributed by atoms with van der Waals surface area (Å²) in [4.78, 5) is 0.378. The maximum absolute atomic E-state index is 12.8. The minimum absolute atomic E-state index is 0.212. The van der Waals surface area contributed by atoms with Crippen LogP contribution in [0, 0.1) is 17.8 Å². The van der Waals surface area contributed by atoms with Crippen molar-refractivity contribution < 1.29 is 13.2 Å². The molecule has 2 fully saturated rings. The van der Waals surface area contributed by atoms with Crippen LogP contribution in [0.5, 0.6) is 0 Å². The molecule has 0 heterocycles. The molecular weight excluding hydrogens is 347 g/mol. The Morgan fingerprint density at radius 3 is 1.85 bits per heavy atom. The van der Waals surface area contributed by atoms with Crippen molar-refractivity contribution in [3.8, 4) is 0 Å². The molecule has 0 aliphatic heterocycles. The van der Waals surface area contributed by atoms with Crippen molar-refractivity contribution in [1.29, 1.82) is 0 Å². The quantitative estimate of drug-likeness (QED) is 0.477. The molecule has 2 saturated carbocycles. The van der Waals surface area contributed by atoms with Gasteiger partial charge in [0.2, 0.25) is 0 Å². The van der Waals surface area contributed by atoms with Gasteiger partial charge in [0.05, 0.1) is 0 Å². The van der Waals surface area contributed by atoms with E-state index in [-0.39, 0.29) is 5.69 Å². The van der Waals surface area contributed by atoms with Gasteiger partial charge in [0, 0.05) is 12.7 Å². The lowest BCUT2D eigenvalue weighted by molar-refractivity contribution is -0.125. The number of alkyl halides is 3. The van der Waals surface area contributed by atoms with Crippen LogP contribution in [-0.4, -0.2) is 13.3 Å². The highest BCUT2D eigenvalue weighted by Crippen LogP contribution is 2.44. The highest BCUT2D eigenvalue weighted by atomic mass is 19.4. The highest BCUT2D eigenvalue weighted by Gasteiger charge is 2.35. The standard InChI is InChI=1S/C23H34F3N/c1-3-4-17-5-7-18(8-6-17)19-9-11-20(12-10-19)21-13-15-22(16-14-21)27(2)23(24,25)26/h13-20H,3-12H2,1-2H3. The van der Waals surface area contributed by atoms with Crippen molar-refractivity contribution >= 4 is 5.69 Å². The average molecular weight is 382 g/mol. The third kappa shape index (κ3) is 5.20. The number of halogens is 3. The Hall–Kier alpha value is -1.19. The molecule has 4 heteroatoms. The Bertz CT molecular complexity index is 564. The lowest BCUT2D eigenvalue weighted by atomic mass is 9.68. The molecule has 0 amide bonds. The van der Waals surface area contributed by atoms with E-state index in [4.69, 9.17) is 0 Å². The van der Waals surface area contributed by atoms with Gasteiger partial charge in [0.15, 0.2) is 0 Å². The van der Waals surface area contributed by atoms with E-state index in [2.05, 4.69) is 6.92 Å². The molecule has 152 valence electrons. The van der Waals surface area contributed by atoms with Gasteiger partial charge in [-0.05, 0) is 79.9 Å². The van der Waals surface area contributed by atoms with E-state index in [1.54, 1.807) is 12.1 Å². The zero-order chi connectivity index (χ0) is 19.4. The van der Waals surface area contributed by atoms with Gasteiger partial charge >= 0.3 is 6.30 Å². The zero-order valence-electron chi connectivity index (χ0n) is 16.8. The molecule has 2 aliphatic rings. The lowest BCUT2D eigenvalue weighted by Crippen LogP contribution is -2.33. The second-order valence-electron chi connectivity index (χ2n) is 8.80. The molecule has 0 atom stereocenters. The van der Waals surface area contributed by atoms with E-state index in [0.29, 0.717) is 10.8 Å². The van der Waals surface area contributed by atoms with Crippen molar-refractivity contribution in [2.75, 3.05) is 11.9 Å². The Morgan fingerprint density at radius 1 is 0.852 bits per heavy atom. The van der Waals surface area contributed by atoms with Gasteiger partial charge in [-0.15, -0.1) is 0 Å². The fraction of sp³-hybridized carbons (Fsp3) is 0.739. The maximum atomic E-state index is 12.8. The molecule has 0 bridgehead atoms. The number of benzene rings is 1. The van der Waals surface area contributed by atoms with Crippen molar-refractivity contribution in [3.05, 3.63) is 29.8 Å². The SMILES string of the molecule is CCCC1CCC(C2CCC(c3ccc(N(C)C(F)(F)F)cc3)CC2)CC1. The molecule has 0 saturated heterocycles. The topological polar surface area (TPSA) is 3.24 Å². The number of rotatable bonds is 5. The summed E-state index contributed by atoms with van der Waals surface area (Å²) in [6, 6.07) is 7.03. The van der Waals surface area contributed by atoms with Crippen LogP contribution in [-0.2, 0) is 0 Å². The van der Waals surface area contributed by atoms with E-state index < -0.39 is 6.30 Å². The lowest BCUT2D eigenvalue weighted by Gasteiger charge is -2.38. The van der Waals surface area contributed by atoms with Gasteiger partial charge in [-0.25, -0.2) is 0 Å². The van der Waals surface area contributed by atoms with Crippen LogP contribution in [0.3, 0.4) is 0 Å². The molecule has 1 aromatic carbocycles. The molecule has 0 radical (unpaired) electrons. The summed E-state index contributed by atoms with van der Waals surface area (Å²) < 4.78 is 38.4. The number of nitrogens with zero attached hydrogens (tertiary/aromatic N) is 1. The molecule has 0 aromatic heterocycles. The van der Waals surface area contributed by atoms with Crippen molar-refractivity contribution in [2.45, 2.75) is 83.4 Å². The summed E-state index contributed by atoms with van der Waals surface area (Å²) in [7, 11) is 1.08. The Balaban J connectivity index is 1.49. The van der Waals surface area contributed by atoms with Crippen molar-refractivity contribution in [1.82, 2.24) is 0 Å². The minimum atomic E-state index is -4.32. The first-order chi connectivity index (χ1) is 12.9. The molecule has 3 rings (SSSR count). The monoisotopic (exact) mass is 381 g/mol.